The summed E-state index contributed by atoms with van der Waals surface area (Å²) in [7, 11) is -3.13. The molecule has 0 unspecified atom stereocenters. The summed E-state index contributed by atoms with van der Waals surface area (Å²) in [5.74, 6) is 0.503. The summed E-state index contributed by atoms with van der Waals surface area (Å²) in [6.07, 6.45) is 8.44. The fourth-order valence-corrected chi connectivity index (χ4v) is 6.67. The van der Waals surface area contributed by atoms with E-state index in [0.29, 0.717) is 37.4 Å². The van der Waals surface area contributed by atoms with Gasteiger partial charge < -0.3 is 0 Å². The van der Waals surface area contributed by atoms with Crippen LogP contribution in [0.1, 0.15) is 63.9 Å². The Morgan fingerprint density at radius 3 is 2.27 bits per heavy atom. The van der Waals surface area contributed by atoms with Crippen molar-refractivity contribution >= 4 is 27.4 Å². The van der Waals surface area contributed by atoms with Gasteiger partial charge in [0.25, 0.3) is 0 Å². The number of piperazine rings is 1. The summed E-state index contributed by atoms with van der Waals surface area (Å²) in [4.78, 5) is 15.2. The van der Waals surface area contributed by atoms with Gasteiger partial charge in [-0.25, -0.2) is 8.42 Å². The number of Topliss-reactive ketones (excluding diaryl/α,β-unsaturated/α-hetero) is 1. The van der Waals surface area contributed by atoms with E-state index in [1.54, 1.807) is 4.31 Å². The zero-order valence-electron chi connectivity index (χ0n) is 18.1. The van der Waals surface area contributed by atoms with E-state index in [1.807, 2.05) is 31.2 Å². The number of nitrogens with zero attached hydrogens (tertiary/aromatic N) is 2. The highest BCUT2D eigenvalue weighted by molar-refractivity contribution is 7.89. The smallest absolute Gasteiger partial charge is 0.214 e. The molecule has 0 spiro atoms. The van der Waals surface area contributed by atoms with Crippen molar-refractivity contribution in [3.63, 3.8) is 0 Å². The molecule has 0 amide bonds. The Morgan fingerprint density at radius 2 is 1.67 bits per heavy atom. The van der Waals surface area contributed by atoms with Gasteiger partial charge in [-0.15, -0.1) is 0 Å². The van der Waals surface area contributed by atoms with E-state index in [-0.39, 0.29) is 17.1 Å². The highest BCUT2D eigenvalue weighted by atomic mass is 35.5. The number of ketones is 1. The standard InChI is InChI=1S/C23H35ClN2O3S/c1-2-18-30(28,29)26-16-14-25(15-17-26)23(11-4-3-5-12-23)13-10-22(27)19-20-6-8-21(24)9-7-20/h6-9H,2-5,10-19H2,1H3. The molecule has 1 aromatic carbocycles. The average molecular weight is 455 g/mol. The Bertz CT molecular complexity index is 796. The zero-order chi connectivity index (χ0) is 21.6. The summed E-state index contributed by atoms with van der Waals surface area (Å²) in [6.45, 7) is 4.60. The summed E-state index contributed by atoms with van der Waals surface area (Å²) in [5, 5.41) is 0.687. The van der Waals surface area contributed by atoms with Gasteiger partial charge in [-0.05, 0) is 43.4 Å². The van der Waals surface area contributed by atoms with Gasteiger partial charge in [-0.2, -0.15) is 4.31 Å². The third-order valence-electron chi connectivity index (χ3n) is 6.73. The monoisotopic (exact) mass is 454 g/mol. The lowest BCUT2D eigenvalue weighted by atomic mass is 9.76. The predicted molar refractivity (Wildman–Crippen MR) is 122 cm³/mol. The molecule has 0 radical (unpaired) electrons. The van der Waals surface area contributed by atoms with Gasteiger partial charge in [-0.1, -0.05) is 49.9 Å². The van der Waals surface area contributed by atoms with Crippen molar-refractivity contribution in [2.24, 2.45) is 0 Å². The molecule has 2 fully saturated rings. The van der Waals surface area contributed by atoms with Gasteiger partial charge in [0.2, 0.25) is 10.0 Å². The largest absolute Gasteiger partial charge is 0.299 e. The van der Waals surface area contributed by atoms with Crippen LogP contribution in [-0.4, -0.2) is 60.9 Å². The Morgan fingerprint density at radius 1 is 1.03 bits per heavy atom. The Kier molecular flexibility index (Phi) is 8.36. The third kappa shape index (κ3) is 6.06. The van der Waals surface area contributed by atoms with E-state index in [4.69, 9.17) is 11.6 Å². The van der Waals surface area contributed by atoms with Crippen LogP contribution in [0, 0.1) is 0 Å². The third-order valence-corrected chi connectivity index (χ3v) is 9.06. The van der Waals surface area contributed by atoms with Gasteiger partial charge in [0.15, 0.2) is 0 Å². The molecule has 0 aromatic heterocycles. The minimum Gasteiger partial charge on any atom is -0.299 e. The quantitative estimate of drug-likeness (QED) is 0.558. The number of rotatable bonds is 9. The fraction of sp³-hybridized carbons (Fsp3) is 0.696. The molecule has 1 saturated carbocycles. The molecular weight excluding hydrogens is 420 g/mol. The van der Waals surface area contributed by atoms with Gasteiger partial charge in [0, 0.05) is 49.6 Å². The SMILES string of the molecule is CCCS(=O)(=O)N1CCN(C2(CCC(=O)Cc3ccc(Cl)cc3)CCCCC2)CC1. The summed E-state index contributed by atoms with van der Waals surface area (Å²) >= 11 is 5.94. The average Bonchev–Trinajstić information content (AvgIpc) is 2.75. The van der Waals surface area contributed by atoms with E-state index in [9.17, 15) is 13.2 Å². The number of halogens is 1. The number of hydrogen-bond donors (Lipinski definition) is 0. The maximum atomic E-state index is 12.7. The Hall–Kier alpha value is -0.950. The van der Waals surface area contributed by atoms with Crippen molar-refractivity contribution in [2.45, 2.75) is 70.3 Å². The topological polar surface area (TPSA) is 57.7 Å². The minimum absolute atomic E-state index is 0.0501. The summed E-state index contributed by atoms with van der Waals surface area (Å²) in [6, 6.07) is 7.51. The van der Waals surface area contributed by atoms with Crippen LogP contribution in [-0.2, 0) is 21.2 Å². The summed E-state index contributed by atoms with van der Waals surface area (Å²) < 4.78 is 26.5. The molecule has 1 heterocycles. The van der Waals surface area contributed by atoms with Crippen molar-refractivity contribution in [3.05, 3.63) is 34.9 Å². The number of hydrogen-bond acceptors (Lipinski definition) is 4. The highest BCUT2D eigenvalue weighted by Gasteiger charge is 2.40. The molecule has 1 aliphatic heterocycles. The van der Waals surface area contributed by atoms with Gasteiger partial charge >= 0.3 is 0 Å². The van der Waals surface area contributed by atoms with E-state index < -0.39 is 10.0 Å². The van der Waals surface area contributed by atoms with Gasteiger partial charge in [0.05, 0.1) is 5.75 Å². The fourth-order valence-electron chi connectivity index (χ4n) is 5.05. The first-order chi connectivity index (χ1) is 14.3. The normalized spacial score (nSPS) is 20.9. The predicted octanol–water partition coefficient (Wildman–Crippen LogP) is 4.29. The number of benzene rings is 1. The van der Waals surface area contributed by atoms with E-state index in [0.717, 1.165) is 37.9 Å². The lowest BCUT2D eigenvalue weighted by molar-refractivity contribution is -0.119. The molecule has 1 aliphatic carbocycles. The second-order valence-corrected chi connectivity index (χ2v) is 11.4. The molecule has 1 aromatic rings. The highest BCUT2D eigenvalue weighted by Crippen LogP contribution is 2.38. The molecule has 1 saturated heterocycles. The van der Waals surface area contributed by atoms with Gasteiger partial charge in [0.1, 0.15) is 5.78 Å². The second kappa shape index (κ2) is 10.6. The second-order valence-electron chi connectivity index (χ2n) is 8.83. The molecule has 0 N–H and O–H groups in total. The number of sulfonamides is 1. The van der Waals surface area contributed by atoms with E-state index >= 15 is 0 Å². The van der Waals surface area contributed by atoms with Crippen molar-refractivity contribution in [1.82, 2.24) is 9.21 Å². The Balaban J connectivity index is 1.59. The minimum atomic E-state index is -3.13. The molecule has 3 rings (SSSR count). The lowest BCUT2D eigenvalue weighted by Crippen LogP contribution is -2.58. The number of carbonyl (C=O) groups is 1. The molecule has 30 heavy (non-hydrogen) atoms. The van der Waals surface area contributed by atoms with Crippen LogP contribution in [0.15, 0.2) is 24.3 Å². The number of carbonyl (C=O) groups excluding carboxylic acids is 1. The maximum Gasteiger partial charge on any atom is 0.214 e. The molecule has 0 atom stereocenters. The first-order valence-electron chi connectivity index (χ1n) is 11.3. The molecular formula is C23H35ClN2O3S. The molecule has 168 valence electrons. The van der Waals surface area contributed by atoms with Crippen molar-refractivity contribution in [1.29, 1.82) is 0 Å². The van der Waals surface area contributed by atoms with Crippen LogP contribution in [0.3, 0.4) is 0 Å². The van der Waals surface area contributed by atoms with Gasteiger partial charge in [-0.3, -0.25) is 9.69 Å². The lowest BCUT2D eigenvalue weighted by Gasteiger charge is -2.50. The molecule has 0 bridgehead atoms. The summed E-state index contributed by atoms with van der Waals surface area (Å²) in [5.41, 5.74) is 1.06. The zero-order valence-corrected chi connectivity index (χ0v) is 19.7. The molecule has 2 aliphatic rings. The molecule has 7 heteroatoms. The van der Waals surface area contributed by atoms with Crippen LogP contribution in [0.25, 0.3) is 0 Å². The van der Waals surface area contributed by atoms with Crippen LogP contribution >= 0.6 is 11.6 Å². The Labute approximate surface area is 186 Å². The first kappa shape index (κ1) is 23.7. The molecule has 5 nitrogen and oxygen atoms in total. The van der Waals surface area contributed by atoms with Crippen LogP contribution in [0.4, 0.5) is 0 Å². The van der Waals surface area contributed by atoms with Crippen molar-refractivity contribution in [2.75, 3.05) is 31.9 Å². The van der Waals surface area contributed by atoms with Crippen molar-refractivity contribution in [3.8, 4) is 0 Å². The maximum absolute atomic E-state index is 12.7. The first-order valence-corrected chi connectivity index (χ1v) is 13.3. The van der Waals surface area contributed by atoms with E-state index in [2.05, 4.69) is 4.90 Å². The van der Waals surface area contributed by atoms with E-state index in [1.165, 1.54) is 19.3 Å². The van der Waals surface area contributed by atoms with Crippen LogP contribution < -0.4 is 0 Å². The van der Waals surface area contributed by atoms with Crippen LogP contribution in [0.2, 0.25) is 5.02 Å². The van der Waals surface area contributed by atoms with Crippen molar-refractivity contribution < 1.29 is 13.2 Å². The van der Waals surface area contributed by atoms with Crippen LogP contribution in [0.5, 0.6) is 0 Å².